The van der Waals surface area contributed by atoms with Crippen LogP contribution in [0.5, 0.6) is 0 Å². The minimum Gasteiger partial charge on any atom is -0.481 e. The highest BCUT2D eigenvalue weighted by Crippen LogP contribution is 2.42. The molecular formula is C14H6O5. The van der Waals surface area contributed by atoms with Crippen molar-refractivity contribution >= 4 is 29.4 Å². The average Bonchev–Trinajstić information content (AvgIpc) is 2.43. The zero-order valence-electron chi connectivity index (χ0n) is 9.47. The van der Waals surface area contributed by atoms with Crippen LogP contribution in [0.15, 0.2) is 35.4 Å². The van der Waals surface area contributed by atoms with E-state index in [4.69, 9.17) is 0 Å². The number of allylic oxidation sites excluding steroid dienone is 2. The Kier molecular flexibility index (Phi) is 3.11. The van der Waals surface area contributed by atoms with Gasteiger partial charge in [0.15, 0.2) is 0 Å². The van der Waals surface area contributed by atoms with Gasteiger partial charge in [0.05, 0.1) is 16.7 Å². The maximum absolute atomic E-state index is 11.3. The van der Waals surface area contributed by atoms with E-state index < -0.39 is 23.0 Å². The van der Waals surface area contributed by atoms with Gasteiger partial charge in [-0.1, -0.05) is 24.3 Å². The molecule has 5 heteroatoms. The molecular weight excluding hydrogens is 248 g/mol. The van der Waals surface area contributed by atoms with Crippen LogP contribution in [0.3, 0.4) is 0 Å². The molecule has 0 aliphatic heterocycles. The van der Waals surface area contributed by atoms with Crippen LogP contribution < -0.4 is 0 Å². The summed E-state index contributed by atoms with van der Waals surface area (Å²) >= 11 is 0. The Morgan fingerprint density at radius 2 is 1.63 bits per heavy atom. The molecule has 0 saturated heterocycles. The molecule has 1 aliphatic rings. The van der Waals surface area contributed by atoms with Crippen LogP contribution in [0.25, 0.3) is 5.57 Å². The van der Waals surface area contributed by atoms with Crippen molar-refractivity contribution in [2.45, 2.75) is 5.92 Å². The molecule has 5 nitrogen and oxygen atoms in total. The molecule has 0 aromatic heterocycles. The number of fused-ring (bicyclic) bond motifs is 1. The first-order chi connectivity index (χ1) is 9.15. The van der Waals surface area contributed by atoms with E-state index in [0.29, 0.717) is 0 Å². The Hall–Kier alpha value is -2.96. The number of hydrogen-bond acceptors (Lipinski definition) is 4. The van der Waals surface area contributed by atoms with Crippen molar-refractivity contribution < 1.29 is 24.3 Å². The molecule has 0 radical (unpaired) electrons. The van der Waals surface area contributed by atoms with Crippen molar-refractivity contribution in [2.75, 3.05) is 0 Å². The van der Waals surface area contributed by atoms with Crippen molar-refractivity contribution in [1.29, 1.82) is 0 Å². The van der Waals surface area contributed by atoms with E-state index in [1.165, 1.54) is 24.0 Å². The molecule has 0 bridgehead atoms. The fraction of sp³-hybridized carbons (Fsp3) is 0.0714. The van der Waals surface area contributed by atoms with Gasteiger partial charge >= 0.3 is 5.97 Å². The molecule has 0 amide bonds. The highest BCUT2D eigenvalue weighted by molar-refractivity contribution is 6.11. The van der Waals surface area contributed by atoms with Gasteiger partial charge in [0.2, 0.25) is 0 Å². The monoisotopic (exact) mass is 254 g/mol. The second-order valence-corrected chi connectivity index (χ2v) is 3.83. The average molecular weight is 254 g/mol. The van der Waals surface area contributed by atoms with Crippen LogP contribution in [0.1, 0.15) is 17.0 Å². The molecule has 0 fully saturated rings. The van der Waals surface area contributed by atoms with Crippen molar-refractivity contribution in [2.24, 2.45) is 0 Å². The van der Waals surface area contributed by atoms with E-state index in [9.17, 15) is 24.3 Å². The number of carboxylic acid groups (broad SMARTS) is 1. The third-order valence-corrected chi connectivity index (χ3v) is 2.91. The predicted octanol–water partition coefficient (Wildman–Crippen LogP) is 0.599. The van der Waals surface area contributed by atoms with Crippen LogP contribution in [0.4, 0.5) is 0 Å². The Morgan fingerprint density at radius 1 is 1.00 bits per heavy atom. The third kappa shape index (κ3) is 1.77. The van der Waals surface area contributed by atoms with Gasteiger partial charge in [-0.25, -0.2) is 14.4 Å². The first kappa shape index (κ1) is 12.5. The van der Waals surface area contributed by atoms with Gasteiger partial charge in [-0.05, 0) is 11.1 Å². The number of carboxylic acids is 1. The van der Waals surface area contributed by atoms with E-state index in [-0.39, 0.29) is 16.7 Å². The second kappa shape index (κ2) is 4.73. The van der Waals surface area contributed by atoms with Crippen LogP contribution in [0, 0.1) is 0 Å². The maximum Gasteiger partial charge on any atom is 0.316 e. The van der Waals surface area contributed by atoms with Gasteiger partial charge < -0.3 is 5.11 Å². The van der Waals surface area contributed by atoms with Crippen molar-refractivity contribution in [3.05, 3.63) is 46.5 Å². The van der Waals surface area contributed by atoms with E-state index in [1.54, 1.807) is 18.1 Å². The molecule has 1 unspecified atom stereocenters. The number of aliphatic carboxylic acids is 1. The number of benzene rings is 1. The van der Waals surface area contributed by atoms with Gasteiger partial charge in [-0.2, -0.15) is 0 Å². The van der Waals surface area contributed by atoms with Gasteiger partial charge in [0.25, 0.3) is 0 Å². The minimum absolute atomic E-state index is 0.165. The quantitative estimate of drug-likeness (QED) is 0.741. The number of carbonyl (C=O) groups is 1. The smallest absolute Gasteiger partial charge is 0.316 e. The summed E-state index contributed by atoms with van der Waals surface area (Å²) in [6, 6.07) is 6.14. The van der Waals surface area contributed by atoms with Gasteiger partial charge in [-0.3, -0.25) is 4.79 Å². The highest BCUT2D eigenvalue weighted by atomic mass is 16.4. The standard InChI is InChI=1S/C14H6O5/c15-5-10-8-3-1-2-4-9(8)13(14(18)19)12(7-17)11(10)6-16/h1-4,13H,(H,18,19). The lowest BCUT2D eigenvalue weighted by molar-refractivity contribution is -0.137. The predicted molar refractivity (Wildman–Crippen MR) is 64.3 cm³/mol. The van der Waals surface area contributed by atoms with E-state index in [1.807, 2.05) is 0 Å². The zero-order valence-corrected chi connectivity index (χ0v) is 9.47. The first-order valence-corrected chi connectivity index (χ1v) is 5.23. The summed E-state index contributed by atoms with van der Waals surface area (Å²) in [6.07, 6.45) is 0. The zero-order chi connectivity index (χ0) is 14.0. The normalized spacial score (nSPS) is 17.1. The van der Waals surface area contributed by atoms with Crippen LogP contribution in [-0.2, 0) is 19.2 Å². The number of rotatable bonds is 1. The SMILES string of the molecule is O=C=C1C(=C=O)c2ccccc2C(C(=O)O)C1=C=O. The van der Waals surface area contributed by atoms with E-state index in [0.717, 1.165) is 0 Å². The van der Waals surface area contributed by atoms with Gasteiger partial charge in [0.1, 0.15) is 23.7 Å². The van der Waals surface area contributed by atoms with Gasteiger partial charge in [-0.15, -0.1) is 0 Å². The fourth-order valence-electron chi connectivity index (χ4n) is 2.12. The van der Waals surface area contributed by atoms with Crippen LogP contribution in [0.2, 0.25) is 0 Å². The molecule has 1 aromatic rings. The molecule has 19 heavy (non-hydrogen) atoms. The van der Waals surface area contributed by atoms with Crippen molar-refractivity contribution in [3.63, 3.8) is 0 Å². The number of carbonyl (C=O) groups excluding carboxylic acids is 3. The molecule has 1 aliphatic carbocycles. The lowest BCUT2D eigenvalue weighted by atomic mass is 9.75. The lowest BCUT2D eigenvalue weighted by Gasteiger charge is -2.23. The maximum atomic E-state index is 11.3. The van der Waals surface area contributed by atoms with Crippen LogP contribution >= 0.6 is 0 Å². The van der Waals surface area contributed by atoms with E-state index >= 15 is 0 Å². The molecule has 0 spiro atoms. The summed E-state index contributed by atoms with van der Waals surface area (Å²) < 4.78 is 0. The van der Waals surface area contributed by atoms with Gasteiger partial charge in [0, 0.05) is 0 Å². The summed E-state index contributed by atoms with van der Waals surface area (Å²) in [5.41, 5.74) is -0.440. The largest absolute Gasteiger partial charge is 0.481 e. The van der Waals surface area contributed by atoms with E-state index in [2.05, 4.69) is 0 Å². The summed E-state index contributed by atoms with van der Waals surface area (Å²) in [5, 5.41) is 9.21. The fourth-order valence-corrected chi connectivity index (χ4v) is 2.12. The molecule has 1 aromatic carbocycles. The summed E-state index contributed by atoms with van der Waals surface area (Å²) in [7, 11) is 0. The summed E-state index contributed by atoms with van der Waals surface area (Å²) in [6.45, 7) is 0. The Balaban J connectivity index is 2.93. The molecule has 0 heterocycles. The van der Waals surface area contributed by atoms with Crippen molar-refractivity contribution in [3.8, 4) is 0 Å². The summed E-state index contributed by atoms with van der Waals surface area (Å²) in [5.74, 6) is 1.79. The minimum atomic E-state index is -1.33. The molecule has 0 saturated carbocycles. The summed E-state index contributed by atoms with van der Waals surface area (Å²) in [4.78, 5) is 44.1. The molecule has 2 rings (SSSR count). The Labute approximate surface area is 107 Å². The molecule has 1 atom stereocenters. The lowest BCUT2D eigenvalue weighted by Crippen LogP contribution is -2.22. The third-order valence-electron chi connectivity index (χ3n) is 2.91. The number of hydrogen-bond donors (Lipinski definition) is 1. The first-order valence-electron chi connectivity index (χ1n) is 5.23. The molecule has 1 N–H and O–H groups in total. The second-order valence-electron chi connectivity index (χ2n) is 3.83. The van der Waals surface area contributed by atoms with Crippen molar-refractivity contribution in [1.82, 2.24) is 0 Å². The molecule has 92 valence electrons. The highest BCUT2D eigenvalue weighted by Gasteiger charge is 2.38. The van der Waals surface area contributed by atoms with Crippen LogP contribution in [-0.4, -0.2) is 28.9 Å². The topological polar surface area (TPSA) is 88.5 Å². The Bertz CT molecular complexity index is 724. The Morgan fingerprint density at radius 3 is 2.16 bits per heavy atom.